The lowest BCUT2D eigenvalue weighted by Crippen LogP contribution is -2.49. The summed E-state index contributed by atoms with van der Waals surface area (Å²) in [7, 11) is -3.94. The first-order valence-corrected chi connectivity index (χ1v) is 11.2. The Hall–Kier alpha value is -2.66. The first-order valence-electron chi connectivity index (χ1n) is 9.75. The molecule has 0 radical (unpaired) electrons. The average molecular weight is 450 g/mol. The monoisotopic (exact) mass is 449 g/mol. The van der Waals surface area contributed by atoms with Gasteiger partial charge in [-0.3, -0.25) is 9.78 Å². The Morgan fingerprint density at radius 3 is 2.52 bits per heavy atom. The maximum Gasteiger partial charge on any atom is 0.241 e. The summed E-state index contributed by atoms with van der Waals surface area (Å²) in [5.74, 6) is -0.763. The molecule has 0 saturated carbocycles. The number of ether oxygens (including phenoxy) is 1. The van der Waals surface area contributed by atoms with Crippen LogP contribution in [0.2, 0.25) is 0 Å². The van der Waals surface area contributed by atoms with Crippen molar-refractivity contribution in [2.75, 3.05) is 13.2 Å². The van der Waals surface area contributed by atoms with Gasteiger partial charge in [0.15, 0.2) is 0 Å². The van der Waals surface area contributed by atoms with Crippen LogP contribution in [0.15, 0.2) is 65.8 Å². The summed E-state index contributed by atoms with van der Waals surface area (Å²) >= 11 is 0. The van der Waals surface area contributed by atoms with E-state index < -0.39 is 40.7 Å². The molecule has 0 bridgehead atoms. The molecular formula is C21H24FN3O5S. The summed E-state index contributed by atoms with van der Waals surface area (Å²) in [4.78, 5) is 16.0. The van der Waals surface area contributed by atoms with Crippen molar-refractivity contribution in [1.82, 2.24) is 15.0 Å². The number of pyridine rings is 1. The second-order valence-corrected chi connectivity index (χ2v) is 8.75. The van der Waals surface area contributed by atoms with Gasteiger partial charge in [-0.2, -0.15) is 0 Å². The number of aliphatic hydroxyl groups is 1. The molecule has 0 saturated heterocycles. The van der Waals surface area contributed by atoms with E-state index in [4.69, 9.17) is 4.74 Å². The van der Waals surface area contributed by atoms with Crippen LogP contribution in [0, 0.1) is 5.82 Å². The summed E-state index contributed by atoms with van der Waals surface area (Å²) in [5.41, 5.74) is 1.06. The Morgan fingerprint density at radius 1 is 1.13 bits per heavy atom. The standard InChI is InChI=1S/C21H24FN3O5S/c22-16-1-4-18(5-2-16)31(28,29)25-19-6-3-17(30-20(19)14-26)13-21(27)24-12-9-15-7-10-23-11-8-15/h1-8,10-11,17,19-20,25-26H,9,12-14H2,(H,24,27)/t17-,19-,20+/m0/s1. The Labute approximate surface area is 180 Å². The number of hydrogen-bond donors (Lipinski definition) is 3. The van der Waals surface area contributed by atoms with Crippen molar-refractivity contribution in [2.45, 2.75) is 36.0 Å². The highest BCUT2D eigenvalue weighted by atomic mass is 32.2. The van der Waals surface area contributed by atoms with Crippen molar-refractivity contribution in [3.05, 3.63) is 72.3 Å². The summed E-state index contributed by atoms with van der Waals surface area (Å²) in [6.07, 6.45) is 5.77. The molecule has 3 rings (SSSR count). The van der Waals surface area contributed by atoms with E-state index in [1.54, 1.807) is 24.5 Å². The molecule has 1 aromatic carbocycles. The number of amides is 1. The number of halogens is 1. The topological polar surface area (TPSA) is 118 Å². The second-order valence-electron chi connectivity index (χ2n) is 7.04. The number of carbonyl (C=O) groups excluding carboxylic acids is 1. The van der Waals surface area contributed by atoms with E-state index in [1.165, 1.54) is 0 Å². The number of benzene rings is 1. The number of hydrogen-bond acceptors (Lipinski definition) is 6. The highest BCUT2D eigenvalue weighted by Crippen LogP contribution is 2.18. The highest BCUT2D eigenvalue weighted by Gasteiger charge is 2.31. The van der Waals surface area contributed by atoms with Crippen LogP contribution in [-0.2, 0) is 26.0 Å². The Bertz CT molecular complexity index is 999. The van der Waals surface area contributed by atoms with Gasteiger partial charge in [-0.1, -0.05) is 12.2 Å². The zero-order chi connectivity index (χ0) is 22.3. The summed E-state index contributed by atoms with van der Waals surface area (Å²) in [5, 5.41) is 12.4. The van der Waals surface area contributed by atoms with Gasteiger partial charge >= 0.3 is 0 Å². The van der Waals surface area contributed by atoms with E-state index >= 15 is 0 Å². The van der Waals surface area contributed by atoms with Crippen molar-refractivity contribution in [3.8, 4) is 0 Å². The van der Waals surface area contributed by atoms with Crippen LogP contribution in [0.1, 0.15) is 12.0 Å². The minimum atomic E-state index is -3.94. The second kappa shape index (κ2) is 10.6. The van der Waals surface area contributed by atoms with Gasteiger partial charge in [0.2, 0.25) is 15.9 Å². The molecule has 2 heterocycles. The Morgan fingerprint density at radius 2 is 1.84 bits per heavy atom. The molecule has 166 valence electrons. The van der Waals surface area contributed by atoms with Gasteiger partial charge in [0, 0.05) is 18.9 Å². The molecule has 1 aromatic heterocycles. The number of carbonyl (C=O) groups is 1. The first kappa shape index (κ1) is 23.0. The van der Waals surface area contributed by atoms with Gasteiger partial charge in [0.25, 0.3) is 0 Å². The van der Waals surface area contributed by atoms with Crippen molar-refractivity contribution in [1.29, 1.82) is 0 Å². The van der Waals surface area contributed by atoms with E-state index in [0.29, 0.717) is 13.0 Å². The third-order valence-electron chi connectivity index (χ3n) is 4.75. The fraction of sp³-hybridized carbons (Fsp3) is 0.333. The number of aromatic nitrogens is 1. The van der Waals surface area contributed by atoms with E-state index in [-0.39, 0.29) is 17.2 Å². The summed E-state index contributed by atoms with van der Waals surface area (Å²) in [6.45, 7) is 0.0178. The Kier molecular flexibility index (Phi) is 7.85. The molecule has 0 unspecified atom stereocenters. The molecule has 1 amide bonds. The van der Waals surface area contributed by atoms with Crippen molar-refractivity contribution in [3.63, 3.8) is 0 Å². The zero-order valence-electron chi connectivity index (χ0n) is 16.6. The summed E-state index contributed by atoms with van der Waals surface area (Å²) < 4.78 is 46.2. The first-order chi connectivity index (χ1) is 14.9. The number of sulfonamides is 1. The molecule has 0 aliphatic carbocycles. The van der Waals surface area contributed by atoms with Crippen molar-refractivity contribution < 1.29 is 27.4 Å². The van der Waals surface area contributed by atoms with Gasteiger partial charge in [-0.05, 0) is 48.4 Å². The molecule has 3 N–H and O–H groups in total. The van der Waals surface area contributed by atoms with Crippen LogP contribution < -0.4 is 10.0 Å². The predicted molar refractivity (Wildman–Crippen MR) is 111 cm³/mol. The fourth-order valence-electron chi connectivity index (χ4n) is 3.12. The zero-order valence-corrected chi connectivity index (χ0v) is 17.5. The van der Waals surface area contributed by atoms with E-state index in [0.717, 1.165) is 29.8 Å². The largest absolute Gasteiger partial charge is 0.394 e. The van der Waals surface area contributed by atoms with Gasteiger partial charge in [0.05, 0.1) is 30.1 Å². The minimum Gasteiger partial charge on any atom is -0.394 e. The van der Waals surface area contributed by atoms with Crippen LogP contribution >= 0.6 is 0 Å². The minimum absolute atomic E-state index is 0.0424. The molecular weight excluding hydrogens is 425 g/mol. The molecule has 1 aliphatic heterocycles. The highest BCUT2D eigenvalue weighted by molar-refractivity contribution is 7.89. The van der Waals surface area contributed by atoms with Crippen LogP contribution in [0.5, 0.6) is 0 Å². The van der Waals surface area contributed by atoms with Gasteiger partial charge in [-0.25, -0.2) is 17.5 Å². The van der Waals surface area contributed by atoms with E-state index in [9.17, 15) is 22.7 Å². The maximum absolute atomic E-state index is 13.0. The quantitative estimate of drug-likeness (QED) is 0.491. The van der Waals surface area contributed by atoms with Crippen molar-refractivity contribution in [2.24, 2.45) is 0 Å². The number of nitrogens with zero attached hydrogens (tertiary/aromatic N) is 1. The lowest BCUT2D eigenvalue weighted by molar-refractivity contribution is -0.125. The van der Waals surface area contributed by atoms with E-state index in [2.05, 4.69) is 15.0 Å². The smallest absolute Gasteiger partial charge is 0.241 e. The molecule has 10 heteroatoms. The molecule has 31 heavy (non-hydrogen) atoms. The van der Waals surface area contributed by atoms with Gasteiger partial charge < -0.3 is 15.2 Å². The third-order valence-corrected chi connectivity index (χ3v) is 6.23. The third kappa shape index (κ3) is 6.66. The van der Waals surface area contributed by atoms with Crippen LogP contribution in [0.4, 0.5) is 4.39 Å². The number of aliphatic hydroxyl groups excluding tert-OH is 1. The number of nitrogens with one attached hydrogen (secondary N) is 2. The Balaban J connectivity index is 1.53. The van der Waals surface area contributed by atoms with Gasteiger partial charge in [0.1, 0.15) is 11.9 Å². The number of rotatable bonds is 9. The van der Waals surface area contributed by atoms with Crippen LogP contribution in [0.25, 0.3) is 0 Å². The average Bonchev–Trinajstić information content (AvgIpc) is 2.75. The molecule has 2 aromatic rings. The van der Waals surface area contributed by atoms with Crippen LogP contribution in [0.3, 0.4) is 0 Å². The molecule has 8 nitrogen and oxygen atoms in total. The molecule has 0 spiro atoms. The maximum atomic E-state index is 13.0. The van der Waals surface area contributed by atoms with Gasteiger partial charge in [-0.15, -0.1) is 0 Å². The van der Waals surface area contributed by atoms with Crippen molar-refractivity contribution >= 4 is 15.9 Å². The van der Waals surface area contributed by atoms with E-state index in [1.807, 2.05) is 12.1 Å². The lowest BCUT2D eigenvalue weighted by Gasteiger charge is -2.31. The molecule has 3 atom stereocenters. The normalized spacial score (nSPS) is 21.0. The molecule has 1 aliphatic rings. The summed E-state index contributed by atoms with van der Waals surface area (Å²) in [6, 6.07) is 7.32. The fourth-order valence-corrected chi connectivity index (χ4v) is 4.34. The molecule has 0 fully saturated rings. The predicted octanol–water partition coefficient (Wildman–Crippen LogP) is 0.932. The van der Waals surface area contributed by atoms with Crippen LogP contribution in [-0.4, -0.2) is 55.8 Å². The lowest BCUT2D eigenvalue weighted by atomic mass is 10.1. The SMILES string of the molecule is O=C(C[C@@H]1C=C[C@H](NS(=O)(=O)c2ccc(F)cc2)[C@@H](CO)O1)NCCc1ccncc1.